The number of amides is 1. The molecule has 32 heavy (non-hydrogen) atoms. The monoisotopic (exact) mass is 456 g/mol. The van der Waals surface area contributed by atoms with Gasteiger partial charge in [0, 0.05) is 30.7 Å². The van der Waals surface area contributed by atoms with E-state index in [4.69, 9.17) is 24.5 Å². The molecule has 1 aromatic heterocycles. The lowest BCUT2D eigenvalue weighted by molar-refractivity contribution is 0.0122. The summed E-state index contributed by atoms with van der Waals surface area (Å²) in [5.41, 5.74) is 8.54. The fourth-order valence-electron chi connectivity index (χ4n) is 2.30. The van der Waals surface area contributed by atoms with Gasteiger partial charge in [-0.15, -0.1) is 5.10 Å². The van der Waals surface area contributed by atoms with Gasteiger partial charge in [0.2, 0.25) is 0 Å². The van der Waals surface area contributed by atoms with Crippen molar-refractivity contribution in [2.24, 2.45) is 5.11 Å². The van der Waals surface area contributed by atoms with Gasteiger partial charge in [0.15, 0.2) is 0 Å². The van der Waals surface area contributed by atoms with Crippen molar-refractivity contribution >= 4 is 6.09 Å². The van der Waals surface area contributed by atoms with Crippen molar-refractivity contribution < 1.29 is 23.7 Å². The molecule has 1 aromatic rings. The van der Waals surface area contributed by atoms with Gasteiger partial charge in [0.05, 0.1) is 51.9 Å². The Morgan fingerprint density at radius 3 is 2.50 bits per heavy atom. The molecule has 0 spiro atoms. The second-order valence-corrected chi connectivity index (χ2v) is 7.72. The van der Waals surface area contributed by atoms with E-state index in [0.717, 1.165) is 18.7 Å². The van der Waals surface area contributed by atoms with Crippen molar-refractivity contribution in [2.75, 3.05) is 59.3 Å². The van der Waals surface area contributed by atoms with Crippen LogP contribution in [-0.4, -0.2) is 86.0 Å². The van der Waals surface area contributed by atoms with Crippen LogP contribution in [0.2, 0.25) is 0 Å². The zero-order chi connectivity index (χ0) is 23.5. The maximum Gasteiger partial charge on any atom is 0.407 e. The van der Waals surface area contributed by atoms with Gasteiger partial charge in [-0.1, -0.05) is 10.3 Å². The fraction of sp³-hybridized carbons (Fsp3) is 0.842. The van der Waals surface area contributed by atoms with Crippen LogP contribution in [-0.2, 0) is 32.0 Å². The van der Waals surface area contributed by atoms with Gasteiger partial charge in [-0.05, 0) is 39.3 Å². The minimum Gasteiger partial charge on any atom is -0.444 e. The summed E-state index contributed by atoms with van der Waals surface area (Å²) < 4.78 is 23.2. The third-order valence-corrected chi connectivity index (χ3v) is 3.69. The first-order valence-corrected chi connectivity index (χ1v) is 10.7. The number of azide groups is 1. The highest BCUT2D eigenvalue weighted by Crippen LogP contribution is 2.06. The number of carbonyl (C=O) groups excluding carboxylic acids is 1. The predicted octanol–water partition coefficient (Wildman–Crippen LogP) is 1.64. The topological polar surface area (TPSA) is 158 Å². The van der Waals surface area contributed by atoms with Gasteiger partial charge in [-0.3, -0.25) is 0 Å². The summed E-state index contributed by atoms with van der Waals surface area (Å²) in [5, 5.41) is 17.5. The van der Waals surface area contributed by atoms with Gasteiger partial charge in [0.25, 0.3) is 0 Å². The molecule has 0 saturated heterocycles. The Morgan fingerprint density at radius 1 is 1.12 bits per heavy atom. The minimum absolute atomic E-state index is 0.384. The van der Waals surface area contributed by atoms with Crippen LogP contribution in [0, 0.1) is 0 Å². The van der Waals surface area contributed by atoms with Crippen molar-refractivity contribution in [2.45, 2.75) is 45.9 Å². The van der Waals surface area contributed by atoms with Gasteiger partial charge < -0.3 is 29.6 Å². The first-order valence-electron chi connectivity index (χ1n) is 10.7. The zero-order valence-corrected chi connectivity index (χ0v) is 19.3. The van der Waals surface area contributed by atoms with E-state index in [-0.39, 0.29) is 0 Å². The lowest BCUT2D eigenvalue weighted by Crippen LogP contribution is -2.34. The van der Waals surface area contributed by atoms with Gasteiger partial charge in [-0.25, -0.2) is 9.48 Å². The van der Waals surface area contributed by atoms with E-state index in [0.29, 0.717) is 65.8 Å². The molecular weight excluding hydrogens is 420 g/mol. The molecule has 0 aliphatic carbocycles. The van der Waals surface area contributed by atoms with Crippen molar-refractivity contribution in [1.82, 2.24) is 25.6 Å². The van der Waals surface area contributed by atoms with Crippen LogP contribution in [0.3, 0.4) is 0 Å². The minimum atomic E-state index is -0.507. The normalized spacial score (nSPS) is 11.2. The maximum absolute atomic E-state index is 11.4. The number of hydrogen-bond acceptors (Lipinski definition) is 9. The van der Waals surface area contributed by atoms with Crippen LogP contribution in [0.1, 0.15) is 32.9 Å². The molecule has 0 aliphatic rings. The van der Waals surface area contributed by atoms with Crippen LogP contribution >= 0.6 is 0 Å². The average molecular weight is 457 g/mol. The Bertz CT molecular complexity index is 673. The zero-order valence-electron chi connectivity index (χ0n) is 19.3. The third-order valence-electron chi connectivity index (χ3n) is 3.69. The summed E-state index contributed by atoms with van der Waals surface area (Å²) in [7, 11) is 0. The molecule has 1 amide bonds. The smallest absolute Gasteiger partial charge is 0.407 e. The van der Waals surface area contributed by atoms with Crippen LogP contribution < -0.4 is 10.6 Å². The quantitative estimate of drug-likeness (QED) is 0.146. The van der Waals surface area contributed by atoms with Crippen molar-refractivity contribution in [1.29, 1.82) is 0 Å². The number of carbonyl (C=O) groups is 1. The molecule has 0 aromatic carbocycles. The molecule has 13 nitrogen and oxygen atoms in total. The number of nitrogens with one attached hydrogen (secondary N) is 2. The van der Waals surface area contributed by atoms with E-state index < -0.39 is 11.7 Å². The second-order valence-electron chi connectivity index (χ2n) is 7.72. The Labute approximate surface area is 188 Å². The van der Waals surface area contributed by atoms with Crippen LogP contribution in [0.4, 0.5) is 4.79 Å². The highest BCUT2D eigenvalue weighted by Gasteiger charge is 2.15. The van der Waals surface area contributed by atoms with E-state index >= 15 is 0 Å². The maximum atomic E-state index is 11.4. The number of ether oxygens (including phenoxy) is 4. The molecule has 0 saturated carbocycles. The molecule has 1 heterocycles. The van der Waals surface area contributed by atoms with Gasteiger partial charge >= 0.3 is 6.09 Å². The first-order chi connectivity index (χ1) is 15.4. The molecule has 0 aliphatic heterocycles. The van der Waals surface area contributed by atoms with E-state index in [1.807, 2.05) is 27.0 Å². The summed E-state index contributed by atoms with van der Waals surface area (Å²) in [4.78, 5) is 14.2. The molecule has 0 unspecified atom stereocenters. The summed E-state index contributed by atoms with van der Waals surface area (Å²) in [6, 6.07) is 0. The summed E-state index contributed by atoms with van der Waals surface area (Å²) in [6.07, 6.45) is 2.20. The summed E-state index contributed by atoms with van der Waals surface area (Å²) >= 11 is 0. The lowest BCUT2D eigenvalue weighted by Gasteiger charge is -2.19. The highest BCUT2D eigenvalue weighted by atomic mass is 16.6. The number of nitrogens with zero attached hydrogens (tertiary/aromatic N) is 6. The largest absolute Gasteiger partial charge is 0.444 e. The van der Waals surface area contributed by atoms with Crippen LogP contribution in [0.25, 0.3) is 10.4 Å². The molecule has 0 bridgehead atoms. The Kier molecular flexibility index (Phi) is 14.8. The van der Waals surface area contributed by atoms with E-state index in [2.05, 4.69) is 31.0 Å². The molecule has 2 N–H and O–H groups in total. The molecule has 1 rings (SSSR count). The first kappa shape index (κ1) is 27.6. The number of rotatable bonds is 18. The third kappa shape index (κ3) is 16.3. The van der Waals surface area contributed by atoms with Crippen LogP contribution in [0.5, 0.6) is 0 Å². The molecule has 13 heteroatoms. The van der Waals surface area contributed by atoms with Crippen molar-refractivity contribution in [3.63, 3.8) is 0 Å². The molecule has 0 fully saturated rings. The summed E-state index contributed by atoms with van der Waals surface area (Å²) in [5.74, 6) is 0. The lowest BCUT2D eigenvalue weighted by atomic mass is 10.2. The predicted molar refractivity (Wildman–Crippen MR) is 117 cm³/mol. The average Bonchev–Trinajstić information content (AvgIpc) is 3.17. The van der Waals surface area contributed by atoms with E-state index in [9.17, 15) is 4.79 Å². The van der Waals surface area contributed by atoms with E-state index in [1.54, 1.807) is 4.68 Å². The van der Waals surface area contributed by atoms with Crippen molar-refractivity contribution in [3.05, 3.63) is 22.3 Å². The van der Waals surface area contributed by atoms with Gasteiger partial charge in [-0.2, -0.15) is 0 Å². The number of aromatic nitrogens is 3. The standard InChI is InChI=1S/C19H36N8O5/c1-19(2,3)32-18(28)22-7-9-29-11-13-31-14-12-30-10-8-27-16-17(24-26-27)15-21-5-4-6-23-25-20/h16,21H,4-15H2,1-3H3,(H,22,28). The molecule has 0 radical (unpaired) electrons. The second kappa shape index (κ2) is 17.2. The molecule has 0 atom stereocenters. The summed E-state index contributed by atoms with van der Waals surface area (Å²) in [6.45, 7) is 11.0. The molecule has 182 valence electrons. The SMILES string of the molecule is CC(C)(C)OC(=O)NCCOCCOCCOCCn1cc(CNCCCN=[N+]=[N-])nn1. The van der Waals surface area contributed by atoms with Crippen LogP contribution in [0.15, 0.2) is 11.3 Å². The highest BCUT2D eigenvalue weighted by molar-refractivity contribution is 5.67. The Morgan fingerprint density at radius 2 is 1.81 bits per heavy atom. The van der Waals surface area contributed by atoms with E-state index in [1.165, 1.54) is 0 Å². The Hall–Kier alpha value is -2.44. The number of alkyl carbamates (subject to hydrolysis) is 1. The van der Waals surface area contributed by atoms with Gasteiger partial charge in [0.1, 0.15) is 5.60 Å². The number of hydrogen-bond donors (Lipinski definition) is 2. The van der Waals surface area contributed by atoms with Crippen molar-refractivity contribution in [3.8, 4) is 0 Å². The fourth-order valence-corrected chi connectivity index (χ4v) is 2.30. The Balaban J connectivity index is 1.88. The molecular formula is C19H36N8O5.